The molecule has 104 valence electrons. The van der Waals surface area contributed by atoms with Crippen molar-refractivity contribution < 1.29 is 0 Å². The van der Waals surface area contributed by atoms with Crippen LogP contribution in [0.4, 0.5) is 17.8 Å². The lowest BCUT2D eigenvalue weighted by molar-refractivity contribution is 0.700. The van der Waals surface area contributed by atoms with Crippen LogP contribution in [0.5, 0.6) is 0 Å². The number of nitrogens with one attached hydrogen (secondary N) is 1. The van der Waals surface area contributed by atoms with Gasteiger partial charge in [0, 0.05) is 34.2 Å². The third kappa shape index (κ3) is 4.25. The van der Waals surface area contributed by atoms with E-state index in [2.05, 4.69) is 26.3 Å². The SMILES string of the molecule is CCNc1nc(N(C)C)nc(N(C)CC(C)C#N)n1. The monoisotopic (exact) mass is 263 g/mol. The zero-order valence-corrected chi connectivity index (χ0v) is 12.2. The van der Waals surface area contributed by atoms with E-state index in [0.29, 0.717) is 24.4 Å². The predicted molar refractivity (Wildman–Crippen MR) is 76.4 cm³/mol. The van der Waals surface area contributed by atoms with Crippen molar-refractivity contribution in [1.82, 2.24) is 15.0 Å². The first-order valence-corrected chi connectivity index (χ1v) is 6.26. The highest BCUT2D eigenvalue weighted by Crippen LogP contribution is 2.15. The van der Waals surface area contributed by atoms with Gasteiger partial charge in [0.2, 0.25) is 17.8 Å². The summed E-state index contributed by atoms with van der Waals surface area (Å²) in [5.74, 6) is 1.63. The van der Waals surface area contributed by atoms with Crippen LogP contribution in [0.1, 0.15) is 13.8 Å². The van der Waals surface area contributed by atoms with E-state index in [0.717, 1.165) is 6.54 Å². The Labute approximate surface area is 114 Å². The smallest absolute Gasteiger partial charge is 0.231 e. The molecule has 0 aliphatic carbocycles. The number of rotatable bonds is 6. The average Bonchev–Trinajstić information content (AvgIpc) is 2.38. The Kier molecular flexibility index (Phi) is 5.30. The Morgan fingerprint density at radius 2 is 1.84 bits per heavy atom. The zero-order valence-electron chi connectivity index (χ0n) is 12.2. The molecular weight excluding hydrogens is 242 g/mol. The van der Waals surface area contributed by atoms with Gasteiger partial charge in [-0.2, -0.15) is 20.2 Å². The quantitative estimate of drug-likeness (QED) is 0.818. The fourth-order valence-corrected chi connectivity index (χ4v) is 1.50. The molecule has 19 heavy (non-hydrogen) atoms. The van der Waals surface area contributed by atoms with Crippen molar-refractivity contribution in [3.05, 3.63) is 0 Å². The van der Waals surface area contributed by atoms with Crippen LogP contribution in [0.15, 0.2) is 0 Å². The summed E-state index contributed by atoms with van der Waals surface area (Å²) in [5, 5.41) is 11.9. The molecule has 1 rings (SSSR count). The minimum absolute atomic E-state index is 0.0767. The minimum Gasteiger partial charge on any atom is -0.354 e. The summed E-state index contributed by atoms with van der Waals surface area (Å²) in [6.45, 7) is 5.18. The zero-order chi connectivity index (χ0) is 14.4. The van der Waals surface area contributed by atoms with Crippen molar-refractivity contribution in [1.29, 1.82) is 5.26 Å². The lowest BCUT2D eigenvalue weighted by atomic mass is 10.2. The number of hydrogen-bond acceptors (Lipinski definition) is 7. The Balaban J connectivity index is 3.01. The summed E-state index contributed by atoms with van der Waals surface area (Å²) in [7, 11) is 5.64. The van der Waals surface area contributed by atoms with E-state index in [1.807, 2.05) is 44.8 Å². The molecule has 1 aromatic rings. The van der Waals surface area contributed by atoms with Gasteiger partial charge < -0.3 is 15.1 Å². The summed E-state index contributed by atoms with van der Waals surface area (Å²) < 4.78 is 0. The summed E-state index contributed by atoms with van der Waals surface area (Å²) >= 11 is 0. The molecule has 0 bridgehead atoms. The van der Waals surface area contributed by atoms with Gasteiger partial charge in [-0.15, -0.1) is 0 Å². The van der Waals surface area contributed by atoms with Gasteiger partial charge in [0.15, 0.2) is 0 Å². The molecule has 7 nitrogen and oxygen atoms in total. The molecule has 0 aromatic carbocycles. The number of anilines is 3. The molecule has 1 atom stereocenters. The molecule has 0 aliphatic rings. The second kappa shape index (κ2) is 6.73. The minimum atomic E-state index is -0.0767. The summed E-state index contributed by atoms with van der Waals surface area (Å²) in [6.07, 6.45) is 0. The van der Waals surface area contributed by atoms with Crippen LogP contribution in [0.3, 0.4) is 0 Å². The number of aromatic nitrogens is 3. The van der Waals surface area contributed by atoms with E-state index >= 15 is 0 Å². The normalized spacial score (nSPS) is 11.6. The maximum absolute atomic E-state index is 8.86. The second-order valence-electron chi connectivity index (χ2n) is 4.59. The van der Waals surface area contributed by atoms with Crippen LogP contribution in [0.25, 0.3) is 0 Å². The highest BCUT2D eigenvalue weighted by atomic mass is 15.3. The van der Waals surface area contributed by atoms with Gasteiger partial charge in [0.25, 0.3) is 0 Å². The Morgan fingerprint density at radius 1 is 1.21 bits per heavy atom. The van der Waals surface area contributed by atoms with E-state index in [1.54, 1.807) is 0 Å². The van der Waals surface area contributed by atoms with Crippen LogP contribution < -0.4 is 15.1 Å². The van der Waals surface area contributed by atoms with Gasteiger partial charge in [-0.25, -0.2) is 0 Å². The molecule has 0 aliphatic heterocycles. The van der Waals surface area contributed by atoms with Crippen molar-refractivity contribution in [2.45, 2.75) is 13.8 Å². The van der Waals surface area contributed by atoms with Gasteiger partial charge in [-0.3, -0.25) is 0 Å². The van der Waals surface area contributed by atoms with Crippen LogP contribution >= 0.6 is 0 Å². The van der Waals surface area contributed by atoms with Crippen LogP contribution in [0, 0.1) is 17.2 Å². The second-order valence-corrected chi connectivity index (χ2v) is 4.59. The molecule has 0 fully saturated rings. The average molecular weight is 263 g/mol. The summed E-state index contributed by atoms with van der Waals surface area (Å²) in [6, 6.07) is 2.20. The van der Waals surface area contributed by atoms with Crippen molar-refractivity contribution in [3.8, 4) is 6.07 Å². The van der Waals surface area contributed by atoms with Crippen molar-refractivity contribution in [2.24, 2.45) is 5.92 Å². The van der Waals surface area contributed by atoms with Gasteiger partial charge in [-0.05, 0) is 13.8 Å². The summed E-state index contributed by atoms with van der Waals surface area (Å²) in [5.41, 5.74) is 0. The third-order valence-corrected chi connectivity index (χ3v) is 2.46. The highest BCUT2D eigenvalue weighted by molar-refractivity contribution is 5.44. The van der Waals surface area contributed by atoms with Crippen LogP contribution in [-0.4, -0.2) is 49.2 Å². The molecular formula is C12H21N7. The van der Waals surface area contributed by atoms with Crippen LogP contribution in [-0.2, 0) is 0 Å². The first-order valence-electron chi connectivity index (χ1n) is 6.26. The van der Waals surface area contributed by atoms with E-state index < -0.39 is 0 Å². The number of hydrogen-bond donors (Lipinski definition) is 1. The van der Waals surface area contributed by atoms with Gasteiger partial charge in [0.1, 0.15) is 0 Å². The highest BCUT2D eigenvalue weighted by Gasteiger charge is 2.13. The van der Waals surface area contributed by atoms with Crippen molar-refractivity contribution in [2.75, 3.05) is 49.3 Å². The molecule has 0 saturated carbocycles. The van der Waals surface area contributed by atoms with E-state index in [1.165, 1.54) is 0 Å². The molecule has 0 radical (unpaired) electrons. The van der Waals surface area contributed by atoms with E-state index in [4.69, 9.17) is 5.26 Å². The topological polar surface area (TPSA) is 81.0 Å². The fraction of sp³-hybridized carbons (Fsp3) is 0.667. The number of nitrogens with zero attached hydrogens (tertiary/aromatic N) is 6. The Morgan fingerprint density at radius 3 is 2.37 bits per heavy atom. The van der Waals surface area contributed by atoms with Crippen molar-refractivity contribution in [3.63, 3.8) is 0 Å². The largest absolute Gasteiger partial charge is 0.354 e. The van der Waals surface area contributed by atoms with Gasteiger partial charge >= 0.3 is 0 Å². The predicted octanol–water partition coefficient (Wildman–Crippen LogP) is 0.965. The van der Waals surface area contributed by atoms with E-state index in [9.17, 15) is 0 Å². The number of nitriles is 1. The maximum Gasteiger partial charge on any atom is 0.231 e. The van der Waals surface area contributed by atoms with Crippen molar-refractivity contribution >= 4 is 17.8 Å². The first-order chi connectivity index (χ1) is 8.97. The Bertz CT molecular complexity index is 452. The summed E-state index contributed by atoms with van der Waals surface area (Å²) in [4.78, 5) is 16.7. The van der Waals surface area contributed by atoms with Crippen LogP contribution in [0.2, 0.25) is 0 Å². The lowest BCUT2D eigenvalue weighted by Crippen LogP contribution is -2.27. The molecule has 1 aromatic heterocycles. The lowest BCUT2D eigenvalue weighted by Gasteiger charge is -2.20. The Hall–Kier alpha value is -2.10. The van der Waals surface area contributed by atoms with E-state index in [-0.39, 0.29) is 5.92 Å². The molecule has 7 heteroatoms. The molecule has 1 heterocycles. The first kappa shape index (κ1) is 15.0. The molecule has 1 N–H and O–H groups in total. The van der Waals surface area contributed by atoms with Gasteiger partial charge in [0.05, 0.1) is 12.0 Å². The molecule has 0 spiro atoms. The maximum atomic E-state index is 8.86. The third-order valence-electron chi connectivity index (χ3n) is 2.46. The standard InChI is InChI=1S/C12H21N7/c1-6-14-10-15-11(18(3)4)17-12(16-10)19(5)8-9(2)7-13/h9H,6,8H2,1-5H3,(H,14,15,16,17). The molecule has 0 saturated heterocycles. The molecule has 0 amide bonds. The molecule has 1 unspecified atom stereocenters. The fourth-order valence-electron chi connectivity index (χ4n) is 1.50. The van der Waals surface area contributed by atoms with Gasteiger partial charge in [-0.1, -0.05) is 0 Å².